The van der Waals surface area contributed by atoms with Crippen molar-refractivity contribution in [1.29, 1.82) is 0 Å². The zero-order valence-corrected chi connectivity index (χ0v) is 12.6. The Kier molecular flexibility index (Phi) is 4.26. The van der Waals surface area contributed by atoms with Gasteiger partial charge in [0.2, 0.25) is 0 Å². The van der Waals surface area contributed by atoms with E-state index in [0.717, 1.165) is 23.5 Å². The molecule has 2 nitrogen and oxygen atoms in total. The van der Waals surface area contributed by atoms with Crippen molar-refractivity contribution in [1.82, 2.24) is 0 Å². The van der Waals surface area contributed by atoms with Crippen LogP contribution in [-0.4, -0.2) is 0 Å². The number of hydrogen-bond acceptors (Lipinski definition) is 2. The Balaban J connectivity index is 1.74. The summed E-state index contributed by atoms with van der Waals surface area (Å²) in [7, 11) is 0. The highest BCUT2D eigenvalue weighted by atomic mass is 16.5. The molecular formula is C19H23NO. The van der Waals surface area contributed by atoms with Crippen molar-refractivity contribution in [2.24, 2.45) is 5.73 Å². The van der Waals surface area contributed by atoms with Crippen LogP contribution >= 0.6 is 0 Å². The molecule has 0 saturated heterocycles. The molecular weight excluding hydrogens is 258 g/mol. The highest BCUT2D eigenvalue weighted by molar-refractivity contribution is 5.40. The van der Waals surface area contributed by atoms with Crippen LogP contribution in [0, 0.1) is 0 Å². The van der Waals surface area contributed by atoms with Crippen LogP contribution in [0.1, 0.15) is 48.9 Å². The molecule has 0 aromatic heterocycles. The van der Waals surface area contributed by atoms with Crippen LogP contribution in [0.15, 0.2) is 42.5 Å². The standard InChI is InChI=1S/C19H23NO/c1-2-19(20)15-8-10-17(11-9-15)21-18-12-7-14-5-3-4-6-16(14)13-18/h7-13,19H,2-6,20H2,1H3/t19-/m0/s1. The monoisotopic (exact) mass is 281 g/mol. The van der Waals surface area contributed by atoms with Gasteiger partial charge in [-0.05, 0) is 73.1 Å². The van der Waals surface area contributed by atoms with Crippen molar-refractivity contribution >= 4 is 0 Å². The van der Waals surface area contributed by atoms with E-state index in [2.05, 4.69) is 37.3 Å². The Hall–Kier alpha value is -1.80. The number of ether oxygens (including phenoxy) is 1. The summed E-state index contributed by atoms with van der Waals surface area (Å²) in [5.74, 6) is 1.81. The Labute approximate surface area is 126 Å². The van der Waals surface area contributed by atoms with Crippen molar-refractivity contribution < 1.29 is 4.74 Å². The molecule has 110 valence electrons. The maximum atomic E-state index is 6.03. The number of fused-ring (bicyclic) bond motifs is 1. The second-order valence-electron chi connectivity index (χ2n) is 5.82. The summed E-state index contributed by atoms with van der Waals surface area (Å²) >= 11 is 0. The van der Waals surface area contributed by atoms with E-state index in [0.29, 0.717) is 0 Å². The molecule has 0 aliphatic heterocycles. The fraction of sp³-hybridized carbons (Fsp3) is 0.368. The van der Waals surface area contributed by atoms with Gasteiger partial charge >= 0.3 is 0 Å². The van der Waals surface area contributed by atoms with E-state index in [1.165, 1.54) is 36.8 Å². The average Bonchev–Trinajstić information content (AvgIpc) is 2.55. The molecule has 0 bridgehead atoms. The van der Waals surface area contributed by atoms with E-state index in [1.54, 1.807) is 0 Å². The lowest BCUT2D eigenvalue weighted by atomic mass is 9.92. The first-order valence-electron chi connectivity index (χ1n) is 7.91. The van der Waals surface area contributed by atoms with Crippen LogP contribution < -0.4 is 10.5 Å². The van der Waals surface area contributed by atoms with Crippen LogP contribution in [-0.2, 0) is 12.8 Å². The first kappa shape index (κ1) is 14.2. The number of aryl methyl sites for hydroxylation is 2. The van der Waals surface area contributed by atoms with Gasteiger partial charge in [-0.1, -0.05) is 25.1 Å². The smallest absolute Gasteiger partial charge is 0.127 e. The summed E-state index contributed by atoms with van der Waals surface area (Å²) in [6.45, 7) is 2.10. The third-order valence-corrected chi connectivity index (χ3v) is 4.30. The fourth-order valence-corrected chi connectivity index (χ4v) is 2.93. The van der Waals surface area contributed by atoms with Gasteiger partial charge in [0.15, 0.2) is 0 Å². The van der Waals surface area contributed by atoms with Gasteiger partial charge in [0.25, 0.3) is 0 Å². The second kappa shape index (κ2) is 6.31. The Morgan fingerprint density at radius 2 is 1.62 bits per heavy atom. The van der Waals surface area contributed by atoms with Gasteiger partial charge in [0.05, 0.1) is 0 Å². The van der Waals surface area contributed by atoms with Gasteiger partial charge < -0.3 is 10.5 Å². The summed E-state index contributed by atoms with van der Waals surface area (Å²) in [5, 5.41) is 0. The number of hydrogen-bond donors (Lipinski definition) is 1. The molecule has 3 rings (SSSR count). The van der Waals surface area contributed by atoms with Crippen LogP contribution in [0.5, 0.6) is 11.5 Å². The minimum absolute atomic E-state index is 0.114. The summed E-state index contributed by atoms with van der Waals surface area (Å²) in [4.78, 5) is 0. The molecule has 1 aliphatic carbocycles. The van der Waals surface area contributed by atoms with Crippen molar-refractivity contribution in [2.75, 3.05) is 0 Å². The summed E-state index contributed by atoms with van der Waals surface area (Å²) in [6, 6.07) is 14.7. The largest absolute Gasteiger partial charge is 0.457 e. The summed E-state index contributed by atoms with van der Waals surface area (Å²) < 4.78 is 5.97. The van der Waals surface area contributed by atoms with Crippen LogP contribution in [0.2, 0.25) is 0 Å². The van der Waals surface area contributed by atoms with E-state index in [9.17, 15) is 0 Å². The predicted octanol–water partition coefficient (Wildman–Crippen LogP) is 4.77. The first-order valence-corrected chi connectivity index (χ1v) is 7.91. The number of rotatable bonds is 4. The van der Waals surface area contributed by atoms with Crippen LogP contribution in [0.3, 0.4) is 0 Å². The molecule has 0 radical (unpaired) electrons. The van der Waals surface area contributed by atoms with Crippen molar-refractivity contribution in [2.45, 2.75) is 45.1 Å². The molecule has 1 atom stereocenters. The molecule has 0 fully saturated rings. The Morgan fingerprint density at radius 3 is 2.33 bits per heavy atom. The first-order chi connectivity index (χ1) is 10.3. The topological polar surface area (TPSA) is 35.2 Å². The quantitative estimate of drug-likeness (QED) is 0.876. The van der Waals surface area contributed by atoms with Gasteiger partial charge in [0, 0.05) is 6.04 Å². The van der Waals surface area contributed by atoms with Crippen molar-refractivity contribution in [3.05, 3.63) is 59.2 Å². The fourth-order valence-electron chi connectivity index (χ4n) is 2.93. The normalized spacial score (nSPS) is 15.3. The van der Waals surface area contributed by atoms with E-state index in [-0.39, 0.29) is 6.04 Å². The zero-order valence-electron chi connectivity index (χ0n) is 12.6. The molecule has 0 unspecified atom stereocenters. The highest BCUT2D eigenvalue weighted by Gasteiger charge is 2.10. The van der Waals surface area contributed by atoms with Crippen LogP contribution in [0.25, 0.3) is 0 Å². The summed E-state index contributed by atoms with van der Waals surface area (Å²) in [6.07, 6.45) is 5.94. The molecule has 0 heterocycles. The van der Waals surface area contributed by atoms with Crippen LogP contribution in [0.4, 0.5) is 0 Å². The molecule has 0 amide bonds. The van der Waals surface area contributed by atoms with E-state index in [4.69, 9.17) is 10.5 Å². The molecule has 0 saturated carbocycles. The third-order valence-electron chi connectivity index (χ3n) is 4.30. The molecule has 2 heteroatoms. The lowest BCUT2D eigenvalue weighted by molar-refractivity contribution is 0.480. The average molecular weight is 281 g/mol. The van der Waals surface area contributed by atoms with Gasteiger partial charge in [0.1, 0.15) is 11.5 Å². The maximum Gasteiger partial charge on any atom is 0.127 e. The lowest BCUT2D eigenvalue weighted by Gasteiger charge is -2.17. The third kappa shape index (κ3) is 3.27. The molecule has 21 heavy (non-hydrogen) atoms. The molecule has 1 aliphatic rings. The summed E-state index contributed by atoms with van der Waals surface area (Å²) in [5.41, 5.74) is 10.1. The number of benzene rings is 2. The highest BCUT2D eigenvalue weighted by Crippen LogP contribution is 2.29. The Bertz CT molecular complexity index is 603. The molecule has 0 spiro atoms. The number of nitrogens with two attached hydrogens (primary N) is 1. The van der Waals surface area contributed by atoms with E-state index >= 15 is 0 Å². The predicted molar refractivity (Wildman–Crippen MR) is 86.8 cm³/mol. The van der Waals surface area contributed by atoms with Crippen molar-refractivity contribution in [3.63, 3.8) is 0 Å². The van der Waals surface area contributed by atoms with E-state index < -0.39 is 0 Å². The minimum atomic E-state index is 0.114. The molecule has 2 aromatic carbocycles. The zero-order chi connectivity index (χ0) is 14.7. The van der Waals surface area contributed by atoms with Crippen molar-refractivity contribution in [3.8, 4) is 11.5 Å². The van der Waals surface area contributed by atoms with Gasteiger partial charge in [-0.15, -0.1) is 0 Å². The maximum absolute atomic E-state index is 6.03. The van der Waals surface area contributed by atoms with Gasteiger partial charge in [-0.2, -0.15) is 0 Å². The minimum Gasteiger partial charge on any atom is -0.457 e. The SMILES string of the molecule is CC[C@H](N)c1ccc(Oc2ccc3c(c2)CCCC3)cc1. The molecule has 2 aromatic rings. The lowest BCUT2D eigenvalue weighted by Crippen LogP contribution is -2.08. The molecule has 2 N–H and O–H groups in total. The van der Waals surface area contributed by atoms with Gasteiger partial charge in [-0.25, -0.2) is 0 Å². The van der Waals surface area contributed by atoms with E-state index in [1.807, 2.05) is 12.1 Å². The van der Waals surface area contributed by atoms with Gasteiger partial charge in [-0.3, -0.25) is 0 Å². The Morgan fingerprint density at radius 1 is 0.952 bits per heavy atom. The second-order valence-corrected chi connectivity index (χ2v) is 5.82.